The van der Waals surface area contributed by atoms with E-state index in [1.807, 2.05) is 36.4 Å². The molecule has 4 heteroatoms. The highest BCUT2D eigenvalue weighted by molar-refractivity contribution is 6.42. The predicted molar refractivity (Wildman–Crippen MR) is 87.2 cm³/mol. The topological polar surface area (TPSA) is 35.2 Å². The number of ether oxygens (including phenoxy) is 1. The van der Waals surface area contributed by atoms with E-state index < -0.39 is 0 Å². The fraction of sp³-hybridized carbons (Fsp3) is 0.294. The summed E-state index contributed by atoms with van der Waals surface area (Å²) in [5.41, 5.74) is 8.44. The molecule has 0 aromatic heterocycles. The minimum atomic E-state index is -0.0926. The zero-order valence-corrected chi connectivity index (χ0v) is 13.1. The second-order valence-corrected chi connectivity index (χ2v) is 6.26. The quantitative estimate of drug-likeness (QED) is 0.860. The van der Waals surface area contributed by atoms with Crippen LogP contribution in [0.2, 0.25) is 10.0 Å². The van der Waals surface area contributed by atoms with Crippen LogP contribution in [-0.2, 0) is 6.42 Å². The molecule has 1 fully saturated rings. The Labute approximate surface area is 134 Å². The molecule has 110 valence electrons. The standard InChI is InChI=1S/C17H17Cl2NO/c18-15-7-4-11(8-16(15)19)9-17(20)12-2-1-3-14(10-12)21-13-5-6-13/h1-4,7-8,10,13,17H,5-6,9,20H2. The van der Waals surface area contributed by atoms with Crippen LogP contribution in [0.15, 0.2) is 42.5 Å². The van der Waals surface area contributed by atoms with Gasteiger partial charge in [-0.1, -0.05) is 41.4 Å². The summed E-state index contributed by atoms with van der Waals surface area (Å²) in [6.07, 6.45) is 3.41. The predicted octanol–water partition coefficient (Wildman–Crippen LogP) is 4.78. The van der Waals surface area contributed by atoms with Crippen molar-refractivity contribution in [3.63, 3.8) is 0 Å². The first-order valence-corrected chi connectivity index (χ1v) is 7.83. The number of nitrogens with two attached hydrogens (primary N) is 1. The van der Waals surface area contributed by atoms with Crippen molar-refractivity contribution in [1.82, 2.24) is 0 Å². The molecule has 21 heavy (non-hydrogen) atoms. The van der Waals surface area contributed by atoms with Gasteiger partial charge in [0.2, 0.25) is 0 Å². The number of halogens is 2. The molecule has 0 saturated heterocycles. The number of benzene rings is 2. The molecule has 0 spiro atoms. The Balaban J connectivity index is 1.71. The highest BCUT2D eigenvalue weighted by Crippen LogP contribution is 2.29. The molecule has 1 saturated carbocycles. The van der Waals surface area contributed by atoms with Gasteiger partial charge in [0, 0.05) is 6.04 Å². The van der Waals surface area contributed by atoms with Gasteiger partial charge in [-0.2, -0.15) is 0 Å². The maximum Gasteiger partial charge on any atom is 0.120 e. The first-order chi connectivity index (χ1) is 10.1. The summed E-state index contributed by atoms with van der Waals surface area (Å²) < 4.78 is 5.81. The Kier molecular flexibility index (Phi) is 4.39. The Morgan fingerprint density at radius 1 is 1.10 bits per heavy atom. The van der Waals surface area contributed by atoms with Gasteiger partial charge < -0.3 is 10.5 Å². The van der Waals surface area contributed by atoms with Gasteiger partial charge in [0.1, 0.15) is 5.75 Å². The summed E-state index contributed by atoms with van der Waals surface area (Å²) >= 11 is 12.0. The van der Waals surface area contributed by atoms with E-state index in [4.69, 9.17) is 33.7 Å². The lowest BCUT2D eigenvalue weighted by atomic mass is 9.99. The van der Waals surface area contributed by atoms with E-state index >= 15 is 0 Å². The van der Waals surface area contributed by atoms with Crippen LogP contribution in [0.25, 0.3) is 0 Å². The van der Waals surface area contributed by atoms with Crippen molar-refractivity contribution in [3.05, 3.63) is 63.6 Å². The Bertz CT molecular complexity index is 640. The van der Waals surface area contributed by atoms with Crippen LogP contribution < -0.4 is 10.5 Å². The van der Waals surface area contributed by atoms with Gasteiger partial charge in [0.15, 0.2) is 0 Å². The lowest BCUT2D eigenvalue weighted by molar-refractivity contribution is 0.302. The SMILES string of the molecule is NC(Cc1ccc(Cl)c(Cl)c1)c1cccc(OC2CC2)c1. The van der Waals surface area contributed by atoms with Gasteiger partial charge in [0.25, 0.3) is 0 Å². The average molecular weight is 322 g/mol. The van der Waals surface area contributed by atoms with Gasteiger partial charge in [-0.15, -0.1) is 0 Å². The zero-order valence-electron chi connectivity index (χ0n) is 11.6. The van der Waals surface area contributed by atoms with Crippen LogP contribution >= 0.6 is 23.2 Å². The van der Waals surface area contributed by atoms with Crippen LogP contribution in [0.5, 0.6) is 5.75 Å². The molecule has 1 aliphatic rings. The third kappa shape index (κ3) is 3.91. The number of hydrogen-bond acceptors (Lipinski definition) is 2. The molecule has 1 aliphatic carbocycles. The van der Waals surface area contributed by atoms with Crippen molar-refractivity contribution in [2.24, 2.45) is 5.73 Å². The van der Waals surface area contributed by atoms with Gasteiger partial charge in [0.05, 0.1) is 16.1 Å². The summed E-state index contributed by atoms with van der Waals surface area (Å²) in [7, 11) is 0. The minimum Gasteiger partial charge on any atom is -0.490 e. The van der Waals surface area contributed by atoms with Crippen LogP contribution in [0.1, 0.15) is 30.0 Å². The molecule has 0 amide bonds. The zero-order chi connectivity index (χ0) is 14.8. The second-order valence-electron chi connectivity index (χ2n) is 5.45. The summed E-state index contributed by atoms with van der Waals surface area (Å²) in [4.78, 5) is 0. The highest BCUT2D eigenvalue weighted by atomic mass is 35.5. The minimum absolute atomic E-state index is 0.0926. The third-order valence-corrected chi connectivity index (χ3v) is 4.29. The molecule has 2 aromatic carbocycles. The van der Waals surface area contributed by atoms with Gasteiger partial charge in [-0.25, -0.2) is 0 Å². The molecule has 2 N–H and O–H groups in total. The normalized spacial score (nSPS) is 15.8. The van der Waals surface area contributed by atoms with Crippen molar-refractivity contribution in [2.75, 3.05) is 0 Å². The smallest absolute Gasteiger partial charge is 0.120 e. The first kappa shape index (κ1) is 14.7. The lowest BCUT2D eigenvalue weighted by Crippen LogP contribution is -2.13. The second kappa shape index (κ2) is 6.27. The fourth-order valence-electron chi connectivity index (χ4n) is 2.24. The Morgan fingerprint density at radius 2 is 1.90 bits per heavy atom. The van der Waals surface area contributed by atoms with Crippen LogP contribution in [0, 0.1) is 0 Å². The summed E-state index contributed by atoms with van der Waals surface area (Å²) in [6, 6.07) is 13.6. The third-order valence-electron chi connectivity index (χ3n) is 3.55. The van der Waals surface area contributed by atoms with Crippen LogP contribution in [0.4, 0.5) is 0 Å². The van der Waals surface area contributed by atoms with E-state index in [1.54, 1.807) is 6.07 Å². The molecule has 3 rings (SSSR count). The molecule has 0 heterocycles. The van der Waals surface area contributed by atoms with E-state index in [9.17, 15) is 0 Å². The summed E-state index contributed by atoms with van der Waals surface area (Å²) in [5.74, 6) is 0.902. The Hall–Kier alpha value is -1.22. The summed E-state index contributed by atoms with van der Waals surface area (Å²) in [6.45, 7) is 0. The monoisotopic (exact) mass is 321 g/mol. The molecule has 0 aliphatic heterocycles. The van der Waals surface area contributed by atoms with Crippen molar-refractivity contribution in [2.45, 2.75) is 31.4 Å². The first-order valence-electron chi connectivity index (χ1n) is 7.08. The highest BCUT2D eigenvalue weighted by Gasteiger charge is 2.23. The van der Waals surface area contributed by atoms with E-state index in [0.717, 1.165) is 29.7 Å². The van der Waals surface area contributed by atoms with Crippen LogP contribution in [-0.4, -0.2) is 6.10 Å². The van der Waals surface area contributed by atoms with Crippen molar-refractivity contribution < 1.29 is 4.74 Å². The fourth-order valence-corrected chi connectivity index (χ4v) is 2.56. The molecular formula is C17H17Cl2NO. The average Bonchev–Trinajstić information content (AvgIpc) is 3.27. The van der Waals surface area contributed by atoms with Crippen molar-refractivity contribution >= 4 is 23.2 Å². The van der Waals surface area contributed by atoms with Crippen LogP contribution in [0.3, 0.4) is 0 Å². The van der Waals surface area contributed by atoms with E-state index in [1.165, 1.54) is 0 Å². The molecule has 2 aromatic rings. The molecule has 0 bridgehead atoms. The van der Waals surface area contributed by atoms with E-state index in [2.05, 4.69) is 0 Å². The largest absolute Gasteiger partial charge is 0.490 e. The molecular weight excluding hydrogens is 305 g/mol. The lowest BCUT2D eigenvalue weighted by Gasteiger charge is -2.14. The molecule has 1 unspecified atom stereocenters. The number of rotatable bonds is 5. The van der Waals surface area contributed by atoms with E-state index in [-0.39, 0.29) is 6.04 Å². The van der Waals surface area contributed by atoms with Gasteiger partial charge in [-0.3, -0.25) is 0 Å². The van der Waals surface area contributed by atoms with Crippen molar-refractivity contribution in [1.29, 1.82) is 0 Å². The molecule has 0 radical (unpaired) electrons. The molecule has 2 nitrogen and oxygen atoms in total. The maximum absolute atomic E-state index is 6.30. The summed E-state index contributed by atoms with van der Waals surface area (Å²) in [5, 5.41) is 1.13. The molecule has 1 atom stereocenters. The van der Waals surface area contributed by atoms with Crippen molar-refractivity contribution in [3.8, 4) is 5.75 Å². The van der Waals surface area contributed by atoms with Gasteiger partial charge >= 0.3 is 0 Å². The van der Waals surface area contributed by atoms with E-state index in [0.29, 0.717) is 22.6 Å². The maximum atomic E-state index is 6.30. The number of hydrogen-bond donors (Lipinski definition) is 1. The Morgan fingerprint density at radius 3 is 2.62 bits per heavy atom. The van der Waals surface area contributed by atoms with Gasteiger partial charge in [-0.05, 0) is 54.7 Å².